The third-order valence-electron chi connectivity index (χ3n) is 6.99. The van der Waals surface area contributed by atoms with Gasteiger partial charge < -0.3 is 15.5 Å². The fourth-order valence-electron chi connectivity index (χ4n) is 4.80. The predicted molar refractivity (Wildman–Crippen MR) is 147 cm³/mol. The number of ketones is 1. The van der Waals surface area contributed by atoms with Gasteiger partial charge in [0.2, 0.25) is 0 Å². The van der Waals surface area contributed by atoms with Gasteiger partial charge in [-0.1, -0.05) is 106 Å². The Morgan fingerprint density at radius 3 is 1.75 bits per heavy atom. The third kappa shape index (κ3) is 7.13. The van der Waals surface area contributed by atoms with Crippen LogP contribution in [0.4, 0.5) is 0 Å². The fourth-order valence-corrected chi connectivity index (χ4v) is 4.80. The largest absolute Gasteiger partial charge is 0.396 e. The van der Waals surface area contributed by atoms with Crippen molar-refractivity contribution in [2.24, 2.45) is 5.92 Å². The van der Waals surface area contributed by atoms with Crippen molar-refractivity contribution in [2.75, 3.05) is 19.7 Å². The standard InChI is InChI=1S/C18H21NO.C14H20O2/c20-18(15-7-3-1-4-8-15,16-9-5-2-6-10-16)17-11-13-19-14-12-17;1-14(2,3)12-8-6-11(7-9-12)13(16)5-4-10-15/h1-10,17,19-20H,11-14H2;6-9,15H,4-5,10H2,1-3H3. The van der Waals surface area contributed by atoms with Crippen LogP contribution in [-0.4, -0.2) is 35.7 Å². The summed E-state index contributed by atoms with van der Waals surface area (Å²) in [5.74, 6) is 0.364. The number of rotatable bonds is 7. The second-order valence-electron chi connectivity index (χ2n) is 10.6. The summed E-state index contributed by atoms with van der Waals surface area (Å²) in [6.45, 7) is 8.48. The van der Waals surface area contributed by atoms with Gasteiger partial charge in [-0.2, -0.15) is 0 Å². The fraction of sp³-hybridized carbons (Fsp3) is 0.406. The number of hydrogen-bond acceptors (Lipinski definition) is 4. The molecule has 0 unspecified atom stereocenters. The van der Waals surface area contributed by atoms with Gasteiger partial charge in [-0.3, -0.25) is 4.79 Å². The first-order valence-corrected chi connectivity index (χ1v) is 13.1. The number of carbonyl (C=O) groups is 1. The highest BCUT2D eigenvalue weighted by Crippen LogP contribution is 2.40. The van der Waals surface area contributed by atoms with Crippen molar-refractivity contribution >= 4 is 5.78 Å². The zero-order valence-corrected chi connectivity index (χ0v) is 21.9. The van der Waals surface area contributed by atoms with Gasteiger partial charge in [-0.25, -0.2) is 0 Å². The first-order valence-electron chi connectivity index (χ1n) is 13.1. The molecule has 0 aliphatic carbocycles. The van der Waals surface area contributed by atoms with Crippen molar-refractivity contribution in [3.8, 4) is 0 Å². The maximum Gasteiger partial charge on any atom is 0.162 e. The number of hydrogen-bond donors (Lipinski definition) is 3. The molecule has 3 N–H and O–H groups in total. The maximum atomic E-state index is 11.7. The van der Waals surface area contributed by atoms with Crippen LogP contribution in [0.2, 0.25) is 0 Å². The van der Waals surface area contributed by atoms with Gasteiger partial charge in [0.25, 0.3) is 0 Å². The van der Waals surface area contributed by atoms with E-state index < -0.39 is 5.60 Å². The second-order valence-corrected chi connectivity index (χ2v) is 10.6. The minimum Gasteiger partial charge on any atom is -0.396 e. The van der Waals surface area contributed by atoms with E-state index >= 15 is 0 Å². The van der Waals surface area contributed by atoms with Crippen LogP contribution in [0.15, 0.2) is 84.9 Å². The summed E-state index contributed by atoms with van der Waals surface area (Å²) < 4.78 is 0. The normalized spacial score (nSPS) is 14.6. The van der Waals surface area contributed by atoms with Gasteiger partial charge in [0.15, 0.2) is 5.78 Å². The number of piperidine rings is 1. The molecule has 0 aromatic heterocycles. The van der Waals surface area contributed by atoms with Crippen LogP contribution in [0, 0.1) is 5.92 Å². The van der Waals surface area contributed by atoms with Crippen LogP contribution < -0.4 is 5.32 Å². The van der Waals surface area contributed by atoms with Crippen molar-refractivity contribution in [3.05, 3.63) is 107 Å². The van der Waals surface area contributed by atoms with Crippen LogP contribution in [0.25, 0.3) is 0 Å². The molecule has 0 spiro atoms. The first kappa shape index (κ1) is 27.8. The lowest BCUT2D eigenvalue weighted by atomic mass is 9.72. The number of aliphatic hydroxyl groups excluding tert-OH is 1. The number of Topliss-reactive ketones (excluding diaryl/α,β-unsaturated/α-hetero) is 1. The zero-order valence-electron chi connectivity index (χ0n) is 21.9. The van der Waals surface area contributed by atoms with E-state index in [0.717, 1.165) is 42.6 Å². The summed E-state index contributed by atoms with van der Waals surface area (Å²) in [5, 5.41) is 23.6. The summed E-state index contributed by atoms with van der Waals surface area (Å²) in [6.07, 6.45) is 2.96. The minimum absolute atomic E-state index is 0.0752. The van der Waals surface area contributed by atoms with Gasteiger partial charge >= 0.3 is 0 Å². The average molecular weight is 488 g/mol. The van der Waals surface area contributed by atoms with E-state index in [1.807, 2.05) is 84.9 Å². The highest BCUT2D eigenvalue weighted by molar-refractivity contribution is 5.96. The predicted octanol–water partition coefficient (Wildman–Crippen LogP) is 5.86. The summed E-state index contributed by atoms with van der Waals surface area (Å²) in [7, 11) is 0. The Morgan fingerprint density at radius 2 is 1.31 bits per heavy atom. The van der Waals surface area contributed by atoms with Crippen LogP contribution in [0.5, 0.6) is 0 Å². The molecule has 0 atom stereocenters. The molecular formula is C32H41NO3. The number of aliphatic hydroxyl groups is 2. The molecule has 0 amide bonds. The van der Waals surface area contributed by atoms with E-state index in [0.29, 0.717) is 12.8 Å². The summed E-state index contributed by atoms with van der Waals surface area (Å²) in [4.78, 5) is 11.7. The molecule has 4 rings (SSSR count). The molecule has 3 aromatic rings. The Bertz CT molecular complexity index is 1010. The quantitative estimate of drug-likeness (QED) is 0.365. The zero-order chi connectivity index (χ0) is 26.0. The molecule has 1 aliphatic heterocycles. The Labute approximate surface area is 216 Å². The van der Waals surface area contributed by atoms with Crippen LogP contribution >= 0.6 is 0 Å². The molecule has 1 aliphatic rings. The molecule has 4 nitrogen and oxygen atoms in total. The van der Waals surface area contributed by atoms with Crippen LogP contribution in [-0.2, 0) is 11.0 Å². The van der Waals surface area contributed by atoms with E-state index in [1.54, 1.807) is 0 Å². The van der Waals surface area contributed by atoms with E-state index in [-0.39, 0.29) is 23.7 Å². The molecule has 1 heterocycles. The lowest BCUT2D eigenvalue weighted by Crippen LogP contribution is -2.42. The van der Waals surface area contributed by atoms with E-state index in [4.69, 9.17) is 5.11 Å². The Morgan fingerprint density at radius 1 is 0.806 bits per heavy atom. The van der Waals surface area contributed by atoms with Gasteiger partial charge in [-0.15, -0.1) is 0 Å². The van der Waals surface area contributed by atoms with Crippen molar-refractivity contribution < 1.29 is 15.0 Å². The second kappa shape index (κ2) is 13.0. The Hall–Kier alpha value is -2.79. The average Bonchev–Trinajstić information content (AvgIpc) is 2.92. The molecule has 4 heteroatoms. The van der Waals surface area contributed by atoms with Gasteiger partial charge in [0.05, 0.1) is 0 Å². The van der Waals surface area contributed by atoms with Crippen molar-refractivity contribution in [1.29, 1.82) is 0 Å². The van der Waals surface area contributed by atoms with Gasteiger partial charge in [0, 0.05) is 18.6 Å². The molecule has 36 heavy (non-hydrogen) atoms. The maximum absolute atomic E-state index is 11.7. The molecule has 1 saturated heterocycles. The van der Waals surface area contributed by atoms with E-state index in [2.05, 4.69) is 26.1 Å². The molecule has 0 radical (unpaired) electrons. The van der Waals surface area contributed by atoms with Crippen molar-refractivity contribution in [3.63, 3.8) is 0 Å². The molecule has 1 fully saturated rings. The smallest absolute Gasteiger partial charge is 0.162 e. The van der Waals surface area contributed by atoms with Crippen LogP contribution in [0.3, 0.4) is 0 Å². The number of nitrogens with one attached hydrogen (secondary N) is 1. The first-order chi connectivity index (χ1) is 17.3. The molecule has 0 saturated carbocycles. The Kier molecular flexibility index (Phi) is 10.0. The van der Waals surface area contributed by atoms with E-state index in [9.17, 15) is 9.90 Å². The highest BCUT2D eigenvalue weighted by Gasteiger charge is 2.40. The molecule has 3 aromatic carbocycles. The third-order valence-corrected chi connectivity index (χ3v) is 6.99. The topological polar surface area (TPSA) is 69.6 Å². The van der Waals surface area contributed by atoms with Gasteiger partial charge in [0.1, 0.15) is 5.60 Å². The number of carbonyl (C=O) groups excluding carboxylic acids is 1. The monoisotopic (exact) mass is 487 g/mol. The summed E-state index contributed by atoms with van der Waals surface area (Å²) >= 11 is 0. The van der Waals surface area contributed by atoms with Gasteiger partial charge in [-0.05, 0) is 60.4 Å². The summed E-state index contributed by atoms with van der Waals surface area (Å²) in [6, 6.07) is 27.9. The molecular weight excluding hydrogens is 446 g/mol. The molecule has 192 valence electrons. The van der Waals surface area contributed by atoms with Crippen molar-refractivity contribution in [1.82, 2.24) is 5.32 Å². The summed E-state index contributed by atoms with van der Waals surface area (Å²) in [5.41, 5.74) is 3.20. The lowest BCUT2D eigenvalue weighted by Gasteiger charge is -2.39. The molecule has 0 bridgehead atoms. The van der Waals surface area contributed by atoms with E-state index in [1.165, 1.54) is 5.56 Å². The minimum atomic E-state index is -0.884. The SMILES string of the molecule is CC(C)(C)c1ccc(C(=O)CCCO)cc1.OC(c1ccccc1)(c1ccccc1)C1CCNCC1. The lowest BCUT2D eigenvalue weighted by molar-refractivity contribution is 0.00236. The number of benzene rings is 3. The van der Waals surface area contributed by atoms with Crippen LogP contribution in [0.1, 0.15) is 73.5 Å². The van der Waals surface area contributed by atoms with Crippen molar-refractivity contribution in [2.45, 2.75) is 57.5 Å². The Balaban J connectivity index is 0.000000207. The highest BCUT2D eigenvalue weighted by atomic mass is 16.3.